The summed E-state index contributed by atoms with van der Waals surface area (Å²) < 4.78 is 11.1. The number of para-hydroxylation sites is 1. The van der Waals surface area contributed by atoms with E-state index in [2.05, 4.69) is 17.2 Å². The first-order chi connectivity index (χ1) is 13.6. The van der Waals surface area contributed by atoms with Gasteiger partial charge in [0, 0.05) is 12.1 Å². The van der Waals surface area contributed by atoms with Crippen LogP contribution in [-0.4, -0.2) is 24.6 Å². The van der Waals surface area contributed by atoms with E-state index < -0.39 is 11.5 Å². The minimum absolute atomic E-state index is 0.0881. The lowest BCUT2D eigenvalue weighted by Gasteiger charge is -2.12. The Balaban J connectivity index is 1.70. The zero-order valence-electron chi connectivity index (χ0n) is 16.1. The van der Waals surface area contributed by atoms with E-state index >= 15 is 0 Å². The number of unbranched alkanes of at least 4 members (excludes halogenated alkanes) is 1. The van der Waals surface area contributed by atoms with E-state index in [1.807, 2.05) is 36.4 Å². The van der Waals surface area contributed by atoms with Crippen molar-refractivity contribution in [2.45, 2.75) is 26.3 Å². The van der Waals surface area contributed by atoms with Gasteiger partial charge in [-0.05, 0) is 41.6 Å². The summed E-state index contributed by atoms with van der Waals surface area (Å²) in [6.45, 7) is 3.01. The second-order valence-corrected chi connectivity index (χ2v) is 6.47. The average Bonchev–Trinajstić information content (AvgIpc) is 2.72. The number of methoxy groups -OCH3 is 1. The Labute approximate surface area is 163 Å². The number of aromatic nitrogens is 1. The third-order valence-electron chi connectivity index (χ3n) is 4.43. The highest BCUT2D eigenvalue weighted by atomic mass is 16.5. The molecular formula is C22H24N2O4. The number of carbonyl (C=O) groups is 1. The first-order valence-electron chi connectivity index (χ1n) is 9.32. The fourth-order valence-electron chi connectivity index (χ4n) is 2.86. The van der Waals surface area contributed by atoms with Gasteiger partial charge in [-0.25, -0.2) is 0 Å². The Kier molecular flexibility index (Phi) is 6.32. The third-order valence-corrected chi connectivity index (χ3v) is 4.43. The molecule has 0 unspecified atom stereocenters. The van der Waals surface area contributed by atoms with E-state index in [4.69, 9.17) is 9.47 Å². The van der Waals surface area contributed by atoms with Crippen LogP contribution in [0.1, 0.15) is 35.7 Å². The summed E-state index contributed by atoms with van der Waals surface area (Å²) in [7, 11) is 1.58. The number of aromatic amines is 1. The van der Waals surface area contributed by atoms with Crippen LogP contribution in [0.25, 0.3) is 10.9 Å². The normalized spacial score (nSPS) is 10.6. The van der Waals surface area contributed by atoms with Gasteiger partial charge in [-0.3, -0.25) is 9.59 Å². The van der Waals surface area contributed by atoms with Gasteiger partial charge in [0.2, 0.25) is 0 Å². The highest BCUT2D eigenvalue weighted by Crippen LogP contribution is 2.28. The van der Waals surface area contributed by atoms with Crippen molar-refractivity contribution < 1.29 is 14.3 Å². The van der Waals surface area contributed by atoms with Crippen LogP contribution in [0.5, 0.6) is 11.5 Å². The molecule has 3 aromatic rings. The summed E-state index contributed by atoms with van der Waals surface area (Å²) in [4.78, 5) is 27.4. The van der Waals surface area contributed by atoms with Gasteiger partial charge in [0.05, 0.1) is 13.7 Å². The molecule has 2 aromatic carbocycles. The molecule has 6 heteroatoms. The van der Waals surface area contributed by atoms with Gasteiger partial charge in [-0.2, -0.15) is 0 Å². The highest BCUT2D eigenvalue weighted by molar-refractivity contribution is 5.97. The second-order valence-electron chi connectivity index (χ2n) is 6.47. The van der Waals surface area contributed by atoms with Crippen molar-refractivity contribution in [3.05, 3.63) is 70.0 Å². The van der Waals surface area contributed by atoms with Crippen molar-refractivity contribution >= 4 is 16.8 Å². The Hall–Kier alpha value is -3.28. The standard InChI is InChI=1S/C22H24N2O4/c1-3-4-11-28-19-10-9-15(12-20(19)27-2)14-23-21(25)17-13-16-7-5-6-8-18(16)24-22(17)26/h5-10,12-13H,3-4,11,14H2,1-2H3,(H,23,25)(H,24,26). The van der Waals surface area contributed by atoms with Crippen LogP contribution in [0.2, 0.25) is 0 Å². The fourth-order valence-corrected chi connectivity index (χ4v) is 2.86. The Morgan fingerprint density at radius 2 is 1.93 bits per heavy atom. The molecule has 0 aliphatic carbocycles. The molecule has 6 nitrogen and oxygen atoms in total. The average molecular weight is 380 g/mol. The van der Waals surface area contributed by atoms with Crippen LogP contribution in [-0.2, 0) is 6.54 Å². The van der Waals surface area contributed by atoms with Crippen molar-refractivity contribution in [2.24, 2.45) is 0 Å². The van der Waals surface area contributed by atoms with Crippen LogP contribution < -0.4 is 20.3 Å². The summed E-state index contributed by atoms with van der Waals surface area (Å²) in [6.07, 6.45) is 2.03. The number of hydrogen-bond donors (Lipinski definition) is 2. The maximum Gasteiger partial charge on any atom is 0.261 e. The van der Waals surface area contributed by atoms with Gasteiger partial charge in [0.1, 0.15) is 5.56 Å². The van der Waals surface area contributed by atoms with Crippen LogP contribution in [0.3, 0.4) is 0 Å². The number of amides is 1. The highest BCUT2D eigenvalue weighted by Gasteiger charge is 2.12. The molecule has 0 fully saturated rings. The molecule has 3 rings (SSSR count). The summed E-state index contributed by atoms with van der Waals surface area (Å²) >= 11 is 0. The molecule has 146 valence electrons. The maximum atomic E-state index is 12.5. The Morgan fingerprint density at radius 1 is 1.11 bits per heavy atom. The molecule has 2 N–H and O–H groups in total. The number of H-pyrrole nitrogens is 1. The van der Waals surface area contributed by atoms with Crippen molar-refractivity contribution in [3.63, 3.8) is 0 Å². The molecule has 0 atom stereocenters. The first-order valence-corrected chi connectivity index (χ1v) is 9.32. The molecule has 28 heavy (non-hydrogen) atoms. The van der Waals surface area contributed by atoms with E-state index in [0.717, 1.165) is 23.8 Å². The van der Waals surface area contributed by atoms with Crippen molar-refractivity contribution in [1.82, 2.24) is 10.3 Å². The molecule has 0 radical (unpaired) electrons. The molecular weight excluding hydrogens is 356 g/mol. The number of nitrogens with one attached hydrogen (secondary N) is 2. The number of fused-ring (bicyclic) bond motifs is 1. The molecule has 0 aliphatic heterocycles. The molecule has 1 amide bonds. The minimum atomic E-state index is -0.422. The predicted molar refractivity (Wildman–Crippen MR) is 109 cm³/mol. The molecule has 1 aromatic heterocycles. The monoisotopic (exact) mass is 380 g/mol. The Morgan fingerprint density at radius 3 is 2.71 bits per heavy atom. The largest absolute Gasteiger partial charge is 0.493 e. The van der Waals surface area contributed by atoms with Gasteiger partial charge in [0.25, 0.3) is 11.5 Å². The fraction of sp³-hybridized carbons (Fsp3) is 0.273. The van der Waals surface area contributed by atoms with Gasteiger partial charge in [0.15, 0.2) is 11.5 Å². The lowest BCUT2D eigenvalue weighted by atomic mass is 10.1. The van der Waals surface area contributed by atoms with Crippen molar-refractivity contribution in [2.75, 3.05) is 13.7 Å². The van der Waals surface area contributed by atoms with E-state index in [1.54, 1.807) is 19.2 Å². The summed E-state index contributed by atoms with van der Waals surface area (Å²) in [5.41, 5.74) is 1.23. The van der Waals surface area contributed by atoms with Gasteiger partial charge in [-0.1, -0.05) is 37.6 Å². The zero-order chi connectivity index (χ0) is 19.9. The maximum absolute atomic E-state index is 12.5. The molecule has 0 bridgehead atoms. The Bertz CT molecular complexity index is 1030. The number of benzene rings is 2. The third kappa shape index (κ3) is 4.52. The quantitative estimate of drug-likeness (QED) is 0.585. The summed E-state index contributed by atoms with van der Waals surface area (Å²) in [6, 6.07) is 14.5. The summed E-state index contributed by atoms with van der Waals surface area (Å²) in [5.74, 6) is 0.873. The van der Waals surface area contributed by atoms with E-state index in [1.165, 1.54) is 0 Å². The van der Waals surface area contributed by atoms with Crippen LogP contribution in [0.15, 0.2) is 53.3 Å². The first kappa shape index (κ1) is 19.5. The van der Waals surface area contributed by atoms with E-state index in [0.29, 0.717) is 23.6 Å². The SMILES string of the molecule is CCCCOc1ccc(CNC(=O)c2cc3ccccc3[nH]c2=O)cc1OC. The molecule has 0 spiro atoms. The van der Waals surface area contributed by atoms with Gasteiger partial charge < -0.3 is 19.8 Å². The zero-order valence-corrected chi connectivity index (χ0v) is 16.1. The minimum Gasteiger partial charge on any atom is -0.493 e. The lowest BCUT2D eigenvalue weighted by molar-refractivity contribution is 0.0949. The van der Waals surface area contributed by atoms with Crippen LogP contribution in [0.4, 0.5) is 0 Å². The lowest BCUT2D eigenvalue weighted by Crippen LogP contribution is -2.29. The van der Waals surface area contributed by atoms with Crippen molar-refractivity contribution in [1.29, 1.82) is 0 Å². The molecule has 0 saturated heterocycles. The predicted octanol–water partition coefficient (Wildman–Crippen LogP) is 3.65. The van der Waals surface area contributed by atoms with E-state index in [-0.39, 0.29) is 12.1 Å². The number of pyridine rings is 1. The van der Waals surface area contributed by atoms with Crippen LogP contribution >= 0.6 is 0 Å². The second kappa shape index (κ2) is 9.08. The molecule has 1 heterocycles. The number of rotatable bonds is 8. The smallest absolute Gasteiger partial charge is 0.261 e. The topological polar surface area (TPSA) is 80.4 Å². The number of carbonyl (C=O) groups excluding carboxylic acids is 1. The summed E-state index contributed by atoms with van der Waals surface area (Å²) in [5, 5.41) is 3.60. The molecule has 0 aliphatic rings. The number of ether oxygens (including phenoxy) is 2. The van der Waals surface area contributed by atoms with Crippen molar-refractivity contribution in [3.8, 4) is 11.5 Å². The number of hydrogen-bond acceptors (Lipinski definition) is 4. The molecule has 0 saturated carbocycles. The van der Waals surface area contributed by atoms with Gasteiger partial charge >= 0.3 is 0 Å². The van der Waals surface area contributed by atoms with E-state index in [9.17, 15) is 9.59 Å². The van der Waals surface area contributed by atoms with Gasteiger partial charge in [-0.15, -0.1) is 0 Å². The van der Waals surface area contributed by atoms with Crippen LogP contribution in [0, 0.1) is 0 Å².